The summed E-state index contributed by atoms with van der Waals surface area (Å²) >= 11 is 0. The van der Waals surface area contributed by atoms with Crippen molar-refractivity contribution in [1.29, 1.82) is 0 Å². The van der Waals surface area contributed by atoms with Crippen LogP contribution in [0.2, 0.25) is 0 Å². The van der Waals surface area contributed by atoms with Gasteiger partial charge in [0.05, 0.1) is 17.9 Å². The molecule has 5 heteroatoms. The summed E-state index contributed by atoms with van der Waals surface area (Å²) < 4.78 is 19.5. The number of amides is 1. The highest BCUT2D eigenvalue weighted by molar-refractivity contribution is 5.94. The third-order valence-electron chi connectivity index (χ3n) is 5.05. The molecule has 1 aromatic heterocycles. The number of fused-ring (bicyclic) bond motifs is 1. The number of carbonyl (C=O) groups is 1. The van der Waals surface area contributed by atoms with Crippen LogP contribution in [0.5, 0.6) is 0 Å². The summed E-state index contributed by atoms with van der Waals surface area (Å²) in [5.41, 5.74) is 2.71. The zero-order chi connectivity index (χ0) is 18.6. The number of rotatable bonds is 5. The molecule has 2 aromatic carbocycles. The highest BCUT2D eigenvalue weighted by atomic mass is 19.1. The smallest absolute Gasteiger partial charge is 0.254 e. The van der Waals surface area contributed by atoms with Crippen molar-refractivity contribution < 1.29 is 13.6 Å². The number of furan rings is 1. The molecule has 1 aliphatic heterocycles. The van der Waals surface area contributed by atoms with Gasteiger partial charge < -0.3 is 9.73 Å². The normalized spacial score (nSPS) is 15.1. The minimum Gasteiger partial charge on any atom is -0.468 e. The maximum atomic E-state index is 13.9. The molecule has 0 fully saturated rings. The molecule has 4 rings (SSSR count). The Morgan fingerprint density at radius 3 is 2.63 bits per heavy atom. The van der Waals surface area contributed by atoms with E-state index in [9.17, 15) is 9.18 Å². The zero-order valence-corrected chi connectivity index (χ0v) is 14.9. The molecule has 0 spiro atoms. The summed E-state index contributed by atoms with van der Waals surface area (Å²) in [4.78, 5) is 14.7. The highest BCUT2D eigenvalue weighted by Crippen LogP contribution is 2.28. The van der Waals surface area contributed by atoms with Gasteiger partial charge in [-0.3, -0.25) is 9.69 Å². The maximum Gasteiger partial charge on any atom is 0.254 e. The van der Waals surface area contributed by atoms with E-state index >= 15 is 0 Å². The van der Waals surface area contributed by atoms with Gasteiger partial charge in [0, 0.05) is 19.6 Å². The van der Waals surface area contributed by atoms with E-state index in [1.54, 1.807) is 18.4 Å². The van der Waals surface area contributed by atoms with Crippen LogP contribution in [-0.4, -0.2) is 23.9 Å². The molecule has 0 saturated carbocycles. The van der Waals surface area contributed by atoms with Crippen molar-refractivity contribution in [3.05, 3.63) is 95.2 Å². The lowest BCUT2D eigenvalue weighted by Gasteiger charge is -2.34. The number of carbonyl (C=O) groups excluding carboxylic acids is 1. The van der Waals surface area contributed by atoms with Crippen molar-refractivity contribution in [3.63, 3.8) is 0 Å². The maximum absolute atomic E-state index is 13.9. The molecule has 0 radical (unpaired) electrons. The van der Waals surface area contributed by atoms with Crippen LogP contribution in [-0.2, 0) is 13.0 Å². The first-order chi connectivity index (χ1) is 13.2. The van der Waals surface area contributed by atoms with E-state index in [-0.39, 0.29) is 11.6 Å². The number of nitrogens with one attached hydrogen (secondary N) is 1. The molecule has 0 aliphatic carbocycles. The Balaban J connectivity index is 1.51. The van der Waals surface area contributed by atoms with Crippen LogP contribution in [0.25, 0.3) is 0 Å². The second-order valence-corrected chi connectivity index (χ2v) is 6.71. The fourth-order valence-corrected chi connectivity index (χ4v) is 3.60. The predicted molar refractivity (Wildman–Crippen MR) is 101 cm³/mol. The highest BCUT2D eigenvalue weighted by Gasteiger charge is 2.27. The summed E-state index contributed by atoms with van der Waals surface area (Å²) in [6.45, 7) is 2.01. The molecule has 2 heterocycles. The van der Waals surface area contributed by atoms with E-state index in [4.69, 9.17) is 4.42 Å². The number of benzene rings is 2. The van der Waals surface area contributed by atoms with Crippen molar-refractivity contribution in [2.75, 3.05) is 13.1 Å². The fraction of sp³-hybridized carbons (Fsp3) is 0.227. The third kappa shape index (κ3) is 3.78. The average molecular weight is 364 g/mol. The van der Waals surface area contributed by atoms with Crippen LogP contribution in [0, 0.1) is 5.82 Å². The third-order valence-corrected chi connectivity index (χ3v) is 5.05. The van der Waals surface area contributed by atoms with E-state index in [1.807, 2.05) is 18.2 Å². The van der Waals surface area contributed by atoms with Gasteiger partial charge in [-0.1, -0.05) is 36.4 Å². The topological polar surface area (TPSA) is 45.5 Å². The van der Waals surface area contributed by atoms with Gasteiger partial charge in [-0.2, -0.15) is 0 Å². The Morgan fingerprint density at radius 1 is 1.07 bits per heavy atom. The number of halogens is 1. The second-order valence-electron chi connectivity index (χ2n) is 6.71. The van der Waals surface area contributed by atoms with Crippen LogP contribution >= 0.6 is 0 Å². The van der Waals surface area contributed by atoms with Crippen LogP contribution < -0.4 is 5.32 Å². The van der Waals surface area contributed by atoms with Gasteiger partial charge in [-0.25, -0.2) is 4.39 Å². The van der Waals surface area contributed by atoms with Gasteiger partial charge in [0.25, 0.3) is 5.91 Å². The molecule has 0 saturated heterocycles. The lowest BCUT2D eigenvalue weighted by molar-refractivity contribution is 0.0915. The number of hydrogen-bond donors (Lipinski definition) is 1. The van der Waals surface area contributed by atoms with Crippen LogP contribution in [0.15, 0.2) is 71.3 Å². The molecule has 1 N–H and O–H groups in total. The predicted octanol–water partition coefficient (Wildman–Crippen LogP) is 3.95. The van der Waals surface area contributed by atoms with Crippen molar-refractivity contribution in [3.8, 4) is 0 Å². The first-order valence-corrected chi connectivity index (χ1v) is 9.09. The summed E-state index contributed by atoms with van der Waals surface area (Å²) in [6, 6.07) is 18.1. The Morgan fingerprint density at radius 2 is 1.85 bits per heavy atom. The van der Waals surface area contributed by atoms with E-state index in [1.165, 1.54) is 23.3 Å². The molecule has 1 amide bonds. The Kier molecular flexibility index (Phi) is 5.03. The average Bonchev–Trinajstić information content (AvgIpc) is 3.23. The number of hydrogen-bond acceptors (Lipinski definition) is 3. The van der Waals surface area contributed by atoms with Gasteiger partial charge in [-0.05, 0) is 41.8 Å². The monoisotopic (exact) mass is 364 g/mol. The van der Waals surface area contributed by atoms with E-state index in [2.05, 4.69) is 28.4 Å². The van der Waals surface area contributed by atoms with Crippen molar-refractivity contribution in [2.45, 2.75) is 19.0 Å². The molecular formula is C22H21FN2O2. The lowest BCUT2D eigenvalue weighted by atomic mass is 9.98. The lowest BCUT2D eigenvalue weighted by Crippen LogP contribution is -2.40. The first-order valence-electron chi connectivity index (χ1n) is 9.09. The molecule has 4 nitrogen and oxygen atoms in total. The van der Waals surface area contributed by atoms with Gasteiger partial charge in [0.2, 0.25) is 0 Å². The van der Waals surface area contributed by atoms with Crippen LogP contribution in [0.1, 0.15) is 33.3 Å². The molecule has 0 unspecified atom stereocenters. The van der Waals surface area contributed by atoms with Crippen LogP contribution in [0.4, 0.5) is 4.39 Å². The SMILES string of the molecule is O=C(NC[C@@H](c1ccco1)N1CCc2ccccc2C1)c1ccccc1F. The van der Waals surface area contributed by atoms with Gasteiger partial charge in [0.1, 0.15) is 11.6 Å². The summed E-state index contributed by atoms with van der Waals surface area (Å²) in [6.07, 6.45) is 2.59. The summed E-state index contributed by atoms with van der Waals surface area (Å²) in [5.74, 6) is -0.137. The Hall–Kier alpha value is -2.92. The molecular weight excluding hydrogens is 343 g/mol. The van der Waals surface area contributed by atoms with Gasteiger partial charge in [-0.15, -0.1) is 0 Å². The molecule has 1 aliphatic rings. The number of nitrogens with zero attached hydrogens (tertiary/aromatic N) is 1. The van der Waals surface area contributed by atoms with E-state index in [0.717, 1.165) is 25.3 Å². The molecule has 138 valence electrons. The zero-order valence-electron chi connectivity index (χ0n) is 14.9. The molecule has 1 atom stereocenters. The van der Waals surface area contributed by atoms with Gasteiger partial charge in [0.15, 0.2) is 0 Å². The van der Waals surface area contributed by atoms with Crippen LogP contribution in [0.3, 0.4) is 0 Å². The van der Waals surface area contributed by atoms with Crippen molar-refractivity contribution >= 4 is 5.91 Å². The standard InChI is InChI=1S/C22H21FN2O2/c23-19-9-4-3-8-18(19)22(26)24-14-20(21-10-5-13-27-21)25-12-11-16-6-1-2-7-17(16)15-25/h1-10,13,20H,11-12,14-15H2,(H,24,26)/t20-/m0/s1. The quantitative estimate of drug-likeness (QED) is 0.746. The second kappa shape index (κ2) is 7.76. The first kappa shape index (κ1) is 17.5. The minimum atomic E-state index is -0.517. The Bertz CT molecular complexity index is 924. The van der Waals surface area contributed by atoms with E-state index < -0.39 is 11.7 Å². The van der Waals surface area contributed by atoms with E-state index in [0.29, 0.717) is 6.54 Å². The largest absolute Gasteiger partial charge is 0.468 e. The minimum absolute atomic E-state index is 0.0553. The van der Waals surface area contributed by atoms with Crippen molar-refractivity contribution in [2.24, 2.45) is 0 Å². The summed E-state index contributed by atoms with van der Waals surface area (Å²) in [7, 11) is 0. The Labute approximate surface area is 157 Å². The molecule has 0 bridgehead atoms. The fourth-order valence-electron chi connectivity index (χ4n) is 3.60. The van der Waals surface area contributed by atoms with Gasteiger partial charge >= 0.3 is 0 Å². The summed E-state index contributed by atoms with van der Waals surface area (Å²) in [5, 5.41) is 2.87. The van der Waals surface area contributed by atoms with Crippen molar-refractivity contribution in [1.82, 2.24) is 10.2 Å². The molecule has 27 heavy (non-hydrogen) atoms. The molecule has 3 aromatic rings.